The van der Waals surface area contributed by atoms with Crippen LogP contribution in [0.5, 0.6) is 0 Å². The van der Waals surface area contributed by atoms with Crippen molar-refractivity contribution in [1.82, 2.24) is 14.5 Å². The van der Waals surface area contributed by atoms with Gasteiger partial charge < -0.3 is 19.7 Å². The van der Waals surface area contributed by atoms with E-state index in [2.05, 4.69) is 45.3 Å². The van der Waals surface area contributed by atoms with Gasteiger partial charge in [0.15, 0.2) is 0 Å². The van der Waals surface area contributed by atoms with Crippen molar-refractivity contribution in [2.75, 3.05) is 43.4 Å². The maximum Gasteiger partial charge on any atom is 0.258 e. The van der Waals surface area contributed by atoms with Crippen molar-refractivity contribution in [3.05, 3.63) is 82.8 Å². The number of anilines is 3. The van der Waals surface area contributed by atoms with Crippen LogP contribution in [-0.4, -0.2) is 47.7 Å². The van der Waals surface area contributed by atoms with Crippen LogP contribution in [0, 0.1) is 6.92 Å². The van der Waals surface area contributed by atoms with Crippen molar-refractivity contribution in [1.29, 1.82) is 0 Å². The molecule has 0 unspecified atom stereocenters. The largest absolute Gasteiger partial charge is 0.369 e. The van der Waals surface area contributed by atoms with E-state index in [4.69, 9.17) is 0 Å². The third-order valence-corrected chi connectivity index (χ3v) is 6.42. The summed E-state index contributed by atoms with van der Waals surface area (Å²) in [5, 5.41) is 4.36. The molecular formula is C27H29N5O. The Morgan fingerprint density at radius 1 is 0.909 bits per heavy atom. The van der Waals surface area contributed by atoms with E-state index in [9.17, 15) is 4.79 Å². The lowest BCUT2D eigenvalue weighted by molar-refractivity contribution is 0.313. The molecule has 0 atom stereocenters. The van der Waals surface area contributed by atoms with Crippen molar-refractivity contribution in [3.8, 4) is 11.1 Å². The Balaban J connectivity index is 1.45. The second-order valence-electron chi connectivity index (χ2n) is 8.89. The molecule has 0 amide bonds. The second kappa shape index (κ2) is 8.71. The zero-order valence-electron chi connectivity index (χ0n) is 19.4. The lowest BCUT2D eigenvalue weighted by Crippen LogP contribution is -2.44. The number of nitrogens with one attached hydrogen (secondary N) is 1. The highest BCUT2D eigenvalue weighted by molar-refractivity contribution is 5.86. The molecule has 5 rings (SSSR count). The van der Waals surface area contributed by atoms with Crippen LogP contribution in [0.4, 0.5) is 17.2 Å². The molecule has 1 aliphatic heterocycles. The molecule has 0 aliphatic carbocycles. The molecule has 4 aromatic rings. The van der Waals surface area contributed by atoms with Gasteiger partial charge >= 0.3 is 0 Å². The van der Waals surface area contributed by atoms with Crippen molar-refractivity contribution in [2.45, 2.75) is 6.92 Å². The molecule has 1 fully saturated rings. The number of nitrogens with zero attached hydrogens (tertiary/aromatic N) is 4. The van der Waals surface area contributed by atoms with Crippen molar-refractivity contribution in [3.63, 3.8) is 0 Å². The Bertz CT molecular complexity index is 1370. The zero-order chi connectivity index (χ0) is 22.9. The number of pyridine rings is 2. The van der Waals surface area contributed by atoms with Crippen LogP contribution >= 0.6 is 0 Å². The highest BCUT2D eigenvalue weighted by atomic mass is 16.1. The lowest BCUT2D eigenvalue weighted by atomic mass is 10.0. The van der Waals surface area contributed by atoms with Crippen LogP contribution in [0.1, 0.15) is 5.56 Å². The molecule has 168 valence electrons. The van der Waals surface area contributed by atoms with Crippen molar-refractivity contribution < 1.29 is 0 Å². The van der Waals surface area contributed by atoms with Crippen LogP contribution in [0.2, 0.25) is 0 Å². The zero-order valence-corrected chi connectivity index (χ0v) is 19.4. The van der Waals surface area contributed by atoms with Gasteiger partial charge in [-0.3, -0.25) is 4.79 Å². The maximum atomic E-state index is 13.1. The van der Waals surface area contributed by atoms with E-state index in [1.54, 1.807) is 4.57 Å². The fraction of sp³-hybridized carbons (Fsp3) is 0.259. The number of aromatic nitrogens is 2. The van der Waals surface area contributed by atoms with Crippen LogP contribution in [0.15, 0.2) is 71.7 Å². The third kappa shape index (κ3) is 4.34. The fourth-order valence-electron chi connectivity index (χ4n) is 4.44. The van der Waals surface area contributed by atoms with Gasteiger partial charge in [0.05, 0.1) is 5.52 Å². The normalized spacial score (nSPS) is 14.6. The van der Waals surface area contributed by atoms with E-state index in [-0.39, 0.29) is 5.56 Å². The summed E-state index contributed by atoms with van der Waals surface area (Å²) in [4.78, 5) is 22.5. The smallest absolute Gasteiger partial charge is 0.258 e. The molecule has 0 spiro atoms. The Morgan fingerprint density at radius 3 is 2.48 bits per heavy atom. The molecule has 3 heterocycles. The minimum atomic E-state index is -0.0117. The maximum absolute atomic E-state index is 13.1. The van der Waals surface area contributed by atoms with E-state index in [1.165, 1.54) is 5.69 Å². The predicted octanol–water partition coefficient (Wildman–Crippen LogP) is 4.40. The van der Waals surface area contributed by atoms with Crippen LogP contribution in [-0.2, 0) is 7.05 Å². The molecule has 6 heteroatoms. The number of rotatable bonds is 4. The lowest BCUT2D eigenvalue weighted by Gasteiger charge is -2.34. The molecule has 0 saturated carbocycles. The summed E-state index contributed by atoms with van der Waals surface area (Å²) < 4.78 is 1.71. The highest BCUT2D eigenvalue weighted by Gasteiger charge is 2.15. The SMILES string of the molecule is Cc1cccc(-c2cc3cnc(Nc4cccc(N5CCN(C)CC5)c4)cc3n(C)c2=O)c1. The Hall–Kier alpha value is -3.64. The Morgan fingerprint density at radius 2 is 1.70 bits per heavy atom. The van der Waals surface area contributed by atoms with Gasteiger partial charge in [-0.15, -0.1) is 0 Å². The Labute approximate surface area is 194 Å². The van der Waals surface area contributed by atoms with Crippen LogP contribution in [0.25, 0.3) is 22.0 Å². The van der Waals surface area contributed by atoms with E-state index < -0.39 is 0 Å². The summed E-state index contributed by atoms with van der Waals surface area (Å²) in [7, 11) is 3.99. The molecule has 1 N–H and O–H groups in total. The van der Waals surface area contributed by atoms with Gasteiger partial charge in [-0.25, -0.2) is 4.98 Å². The molecular weight excluding hydrogens is 410 g/mol. The van der Waals surface area contributed by atoms with Gasteiger partial charge in [-0.05, 0) is 43.8 Å². The molecule has 6 nitrogen and oxygen atoms in total. The van der Waals surface area contributed by atoms with Gasteiger partial charge in [-0.2, -0.15) is 0 Å². The van der Waals surface area contributed by atoms with Crippen molar-refractivity contribution >= 4 is 28.1 Å². The number of aryl methyl sites for hydroxylation is 2. The van der Waals surface area contributed by atoms with Gasteiger partial charge in [0, 0.05) is 67.8 Å². The molecule has 2 aromatic carbocycles. The minimum absolute atomic E-state index is 0.0117. The van der Waals surface area contributed by atoms with Gasteiger partial charge in [0.25, 0.3) is 5.56 Å². The molecule has 1 saturated heterocycles. The quantitative estimate of drug-likeness (QED) is 0.511. The van der Waals surface area contributed by atoms with E-state index in [0.29, 0.717) is 5.56 Å². The number of hydrogen-bond donors (Lipinski definition) is 1. The second-order valence-corrected chi connectivity index (χ2v) is 8.89. The first-order chi connectivity index (χ1) is 16.0. The summed E-state index contributed by atoms with van der Waals surface area (Å²) in [6.07, 6.45) is 1.83. The van der Waals surface area contributed by atoms with Crippen LogP contribution < -0.4 is 15.8 Å². The fourth-order valence-corrected chi connectivity index (χ4v) is 4.44. The highest BCUT2D eigenvalue weighted by Crippen LogP contribution is 2.26. The predicted molar refractivity (Wildman–Crippen MR) is 137 cm³/mol. The molecule has 0 radical (unpaired) electrons. The first kappa shape index (κ1) is 21.2. The minimum Gasteiger partial charge on any atom is -0.369 e. The average molecular weight is 440 g/mol. The average Bonchev–Trinajstić information content (AvgIpc) is 2.82. The first-order valence-electron chi connectivity index (χ1n) is 11.4. The number of benzene rings is 2. The van der Waals surface area contributed by atoms with E-state index in [1.807, 2.05) is 62.6 Å². The third-order valence-electron chi connectivity index (χ3n) is 6.42. The summed E-state index contributed by atoms with van der Waals surface area (Å²) in [5.41, 5.74) is 5.79. The number of hydrogen-bond acceptors (Lipinski definition) is 5. The van der Waals surface area contributed by atoms with E-state index >= 15 is 0 Å². The van der Waals surface area contributed by atoms with Crippen molar-refractivity contribution in [2.24, 2.45) is 7.05 Å². The molecule has 33 heavy (non-hydrogen) atoms. The topological polar surface area (TPSA) is 53.4 Å². The molecule has 0 bridgehead atoms. The summed E-state index contributed by atoms with van der Waals surface area (Å²) in [6.45, 7) is 6.23. The first-order valence-corrected chi connectivity index (χ1v) is 11.4. The monoisotopic (exact) mass is 439 g/mol. The van der Waals surface area contributed by atoms with Gasteiger partial charge in [0.1, 0.15) is 5.82 Å². The summed E-state index contributed by atoms with van der Waals surface area (Å²) >= 11 is 0. The standard InChI is InChI=1S/C27H29N5O/c1-19-6-4-7-20(14-19)24-15-21-18-28-26(17-25(21)31(3)27(24)33)29-22-8-5-9-23(16-22)32-12-10-30(2)11-13-32/h4-9,14-18H,10-13H2,1-3H3,(H,28,29). The summed E-state index contributed by atoms with van der Waals surface area (Å²) in [5.74, 6) is 0.719. The van der Waals surface area contributed by atoms with E-state index in [0.717, 1.165) is 59.7 Å². The number of likely N-dealkylation sites (N-methyl/N-ethyl adjacent to an activating group) is 1. The summed E-state index contributed by atoms with van der Waals surface area (Å²) in [6, 6.07) is 20.4. The number of piperazine rings is 1. The Kier molecular flexibility index (Phi) is 5.60. The van der Waals surface area contributed by atoms with Crippen LogP contribution in [0.3, 0.4) is 0 Å². The molecule has 1 aliphatic rings. The van der Waals surface area contributed by atoms with Gasteiger partial charge in [0.2, 0.25) is 0 Å². The number of fused-ring (bicyclic) bond motifs is 1. The molecule has 2 aromatic heterocycles. The van der Waals surface area contributed by atoms with Gasteiger partial charge in [-0.1, -0.05) is 35.9 Å².